The van der Waals surface area contributed by atoms with Gasteiger partial charge < -0.3 is 16.0 Å². The lowest BCUT2D eigenvalue weighted by Gasteiger charge is -2.35. The first-order valence-electron chi connectivity index (χ1n) is 7.43. The first-order chi connectivity index (χ1) is 9.63. The van der Waals surface area contributed by atoms with Crippen LogP contribution in [0.3, 0.4) is 0 Å². The van der Waals surface area contributed by atoms with Gasteiger partial charge in [0.1, 0.15) is 0 Å². The number of nitrogens with zero attached hydrogens (tertiary/aromatic N) is 1. The van der Waals surface area contributed by atoms with E-state index < -0.39 is 0 Å². The molecule has 110 valence electrons. The Hall–Kier alpha value is -1.55. The van der Waals surface area contributed by atoms with Crippen LogP contribution in [0.4, 0.5) is 4.79 Å². The SMILES string of the molecule is Cc1cccc(CNC(=O)N2CCCC[C@@H]2CN)c1C. The zero-order valence-corrected chi connectivity index (χ0v) is 12.5. The topological polar surface area (TPSA) is 58.4 Å². The Morgan fingerprint density at radius 2 is 2.20 bits per heavy atom. The Morgan fingerprint density at radius 3 is 2.95 bits per heavy atom. The summed E-state index contributed by atoms with van der Waals surface area (Å²) in [5.74, 6) is 0. The van der Waals surface area contributed by atoms with E-state index in [0.717, 1.165) is 19.4 Å². The van der Waals surface area contributed by atoms with Crippen molar-refractivity contribution in [1.82, 2.24) is 10.2 Å². The molecule has 0 aliphatic carbocycles. The standard InChI is InChI=1S/C16H25N3O/c1-12-6-5-7-14(13(12)2)11-18-16(20)19-9-4-3-8-15(19)10-17/h5-7,15H,3-4,8-11,17H2,1-2H3,(H,18,20)/t15-/m1/s1. The largest absolute Gasteiger partial charge is 0.334 e. The molecular weight excluding hydrogens is 250 g/mol. The van der Waals surface area contributed by atoms with Gasteiger partial charge in [0.05, 0.1) is 0 Å². The van der Waals surface area contributed by atoms with E-state index in [9.17, 15) is 4.79 Å². The number of urea groups is 1. The van der Waals surface area contributed by atoms with Crippen LogP contribution < -0.4 is 11.1 Å². The molecule has 1 aromatic carbocycles. The van der Waals surface area contributed by atoms with Gasteiger partial charge in [-0.25, -0.2) is 4.79 Å². The van der Waals surface area contributed by atoms with Gasteiger partial charge in [0.25, 0.3) is 0 Å². The fourth-order valence-electron chi connectivity index (χ4n) is 2.79. The number of hydrogen-bond donors (Lipinski definition) is 2. The highest BCUT2D eigenvalue weighted by atomic mass is 16.2. The summed E-state index contributed by atoms with van der Waals surface area (Å²) in [7, 11) is 0. The highest BCUT2D eigenvalue weighted by Gasteiger charge is 2.25. The van der Waals surface area contributed by atoms with Gasteiger partial charge in [-0.3, -0.25) is 0 Å². The third kappa shape index (κ3) is 3.31. The molecule has 4 nitrogen and oxygen atoms in total. The summed E-state index contributed by atoms with van der Waals surface area (Å²) in [6, 6.07) is 6.41. The van der Waals surface area contributed by atoms with Gasteiger partial charge in [0.15, 0.2) is 0 Å². The van der Waals surface area contributed by atoms with Crippen LogP contribution in [-0.4, -0.2) is 30.1 Å². The van der Waals surface area contributed by atoms with Crippen LogP contribution in [0.5, 0.6) is 0 Å². The molecule has 4 heteroatoms. The number of benzene rings is 1. The zero-order valence-electron chi connectivity index (χ0n) is 12.5. The molecule has 1 aromatic rings. The van der Waals surface area contributed by atoms with Gasteiger partial charge in [0.2, 0.25) is 0 Å². The van der Waals surface area contributed by atoms with E-state index in [1.807, 2.05) is 11.0 Å². The highest BCUT2D eigenvalue weighted by molar-refractivity contribution is 5.74. The summed E-state index contributed by atoms with van der Waals surface area (Å²) in [4.78, 5) is 14.2. The lowest BCUT2D eigenvalue weighted by atomic mass is 10.0. The Balaban J connectivity index is 1.96. The van der Waals surface area contributed by atoms with Crippen LogP contribution in [0.1, 0.15) is 36.0 Å². The van der Waals surface area contributed by atoms with Crippen molar-refractivity contribution >= 4 is 6.03 Å². The third-order valence-corrected chi connectivity index (χ3v) is 4.31. The first kappa shape index (κ1) is 14.9. The van der Waals surface area contributed by atoms with E-state index in [0.29, 0.717) is 13.1 Å². The molecule has 1 heterocycles. The smallest absolute Gasteiger partial charge is 0.317 e. The molecule has 1 aliphatic rings. The minimum Gasteiger partial charge on any atom is -0.334 e. The van der Waals surface area contributed by atoms with Gasteiger partial charge in [0, 0.05) is 25.7 Å². The Bertz CT molecular complexity index is 473. The van der Waals surface area contributed by atoms with Crippen molar-refractivity contribution in [2.75, 3.05) is 13.1 Å². The quantitative estimate of drug-likeness (QED) is 0.889. The van der Waals surface area contributed by atoms with E-state index in [2.05, 4.69) is 31.3 Å². The molecule has 0 radical (unpaired) electrons. The van der Waals surface area contributed by atoms with Crippen LogP contribution in [-0.2, 0) is 6.54 Å². The first-order valence-corrected chi connectivity index (χ1v) is 7.43. The fraction of sp³-hybridized carbons (Fsp3) is 0.562. The monoisotopic (exact) mass is 275 g/mol. The second-order valence-electron chi connectivity index (χ2n) is 5.60. The summed E-state index contributed by atoms with van der Waals surface area (Å²) < 4.78 is 0. The average Bonchev–Trinajstić information content (AvgIpc) is 2.48. The number of likely N-dealkylation sites (tertiary alicyclic amines) is 1. The Kier molecular flexibility index (Phi) is 5.01. The molecular formula is C16H25N3O. The molecule has 1 saturated heterocycles. The molecule has 2 rings (SSSR count). The van der Waals surface area contributed by atoms with E-state index in [4.69, 9.17) is 5.73 Å². The summed E-state index contributed by atoms with van der Waals surface area (Å²) >= 11 is 0. The van der Waals surface area contributed by atoms with Crippen LogP contribution in [0.2, 0.25) is 0 Å². The summed E-state index contributed by atoms with van der Waals surface area (Å²) in [6.45, 7) is 6.15. The molecule has 0 spiro atoms. The third-order valence-electron chi connectivity index (χ3n) is 4.31. The average molecular weight is 275 g/mol. The normalized spacial score (nSPS) is 18.9. The molecule has 3 N–H and O–H groups in total. The van der Waals surface area contributed by atoms with Crippen LogP contribution in [0.25, 0.3) is 0 Å². The molecule has 0 unspecified atom stereocenters. The lowest BCUT2D eigenvalue weighted by molar-refractivity contribution is 0.153. The van der Waals surface area contributed by atoms with Crippen molar-refractivity contribution in [2.24, 2.45) is 5.73 Å². The van der Waals surface area contributed by atoms with Gasteiger partial charge >= 0.3 is 6.03 Å². The number of hydrogen-bond acceptors (Lipinski definition) is 2. The number of piperidine rings is 1. The highest BCUT2D eigenvalue weighted by Crippen LogP contribution is 2.17. The maximum atomic E-state index is 12.3. The molecule has 20 heavy (non-hydrogen) atoms. The van der Waals surface area contributed by atoms with Crippen molar-refractivity contribution < 1.29 is 4.79 Å². The number of nitrogens with two attached hydrogens (primary N) is 1. The van der Waals surface area contributed by atoms with Gasteiger partial charge in [-0.05, 0) is 49.8 Å². The number of aryl methyl sites for hydroxylation is 1. The van der Waals surface area contributed by atoms with Crippen molar-refractivity contribution in [2.45, 2.75) is 45.7 Å². The minimum absolute atomic E-state index is 0.0149. The van der Waals surface area contributed by atoms with Crippen molar-refractivity contribution in [3.63, 3.8) is 0 Å². The Labute approximate surface area is 121 Å². The van der Waals surface area contributed by atoms with E-state index in [1.165, 1.54) is 23.1 Å². The number of carbonyl (C=O) groups excluding carboxylic acids is 1. The number of nitrogens with one attached hydrogen (secondary N) is 1. The van der Waals surface area contributed by atoms with Gasteiger partial charge in [-0.2, -0.15) is 0 Å². The number of carbonyl (C=O) groups is 1. The minimum atomic E-state index is 0.0149. The predicted molar refractivity (Wildman–Crippen MR) is 81.6 cm³/mol. The summed E-state index contributed by atoms with van der Waals surface area (Å²) in [5.41, 5.74) is 9.45. The fourth-order valence-corrected chi connectivity index (χ4v) is 2.79. The molecule has 1 aliphatic heterocycles. The molecule has 1 fully saturated rings. The molecule has 0 saturated carbocycles. The van der Waals surface area contributed by atoms with Crippen molar-refractivity contribution in [1.29, 1.82) is 0 Å². The van der Waals surface area contributed by atoms with Gasteiger partial charge in [-0.1, -0.05) is 18.2 Å². The second-order valence-corrected chi connectivity index (χ2v) is 5.60. The maximum absolute atomic E-state index is 12.3. The van der Waals surface area contributed by atoms with Crippen LogP contribution in [0, 0.1) is 13.8 Å². The Morgan fingerprint density at radius 1 is 1.40 bits per heavy atom. The second kappa shape index (κ2) is 6.75. The number of amides is 2. The zero-order chi connectivity index (χ0) is 14.5. The van der Waals surface area contributed by atoms with Crippen LogP contribution in [0.15, 0.2) is 18.2 Å². The maximum Gasteiger partial charge on any atom is 0.317 e. The summed E-state index contributed by atoms with van der Waals surface area (Å²) in [5, 5.41) is 3.03. The van der Waals surface area contributed by atoms with E-state index >= 15 is 0 Å². The van der Waals surface area contributed by atoms with Gasteiger partial charge in [-0.15, -0.1) is 0 Å². The van der Waals surface area contributed by atoms with Crippen molar-refractivity contribution in [3.8, 4) is 0 Å². The molecule has 1 atom stereocenters. The van der Waals surface area contributed by atoms with Crippen molar-refractivity contribution in [3.05, 3.63) is 34.9 Å². The van der Waals surface area contributed by atoms with E-state index in [1.54, 1.807) is 0 Å². The number of rotatable bonds is 3. The van der Waals surface area contributed by atoms with E-state index in [-0.39, 0.29) is 12.1 Å². The molecule has 0 aromatic heterocycles. The predicted octanol–water partition coefficient (Wildman–Crippen LogP) is 2.33. The molecule has 2 amide bonds. The summed E-state index contributed by atoms with van der Waals surface area (Å²) in [6.07, 6.45) is 3.27. The van der Waals surface area contributed by atoms with Crippen LogP contribution >= 0.6 is 0 Å². The molecule has 0 bridgehead atoms. The lowest BCUT2D eigenvalue weighted by Crippen LogP contribution is -2.51.